The molecule has 1 aromatic carbocycles. The molecule has 0 saturated carbocycles. The average Bonchev–Trinajstić information content (AvgIpc) is 3.08. The number of carbonyl (C=O) groups excluding carboxylic acids is 1. The topological polar surface area (TPSA) is 63.5 Å². The number of carbonyl (C=O) groups is 1. The fraction of sp³-hybridized carbons (Fsp3) is 0.348. The molecule has 1 fully saturated rings. The Hall–Kier alpha value is -2.77. The van der Waals surface area contributed by atoms with Crippen molar-refractivity contribution in [2.75, 3.05) is 38.2 Å². The molecule has 0 N–H and O–H groups in total. The number of benzene rings is 1. The van der Waals surface area contributed by atoms with Crippen LogP contribution < -0.4 is 9.64 Å². The summed E-state index contributed by atoms with van der Waals surface area (Å²) < 4.78 is 7.00. The molecule has 1 saturated heterocycles. The third kappa shape index (κ3) is 4.54. The van der Waals surface area contributed by atoms with Crippen LogP contribution >= 0.6 is 23.2 Å². The van der Waals surface area contributed by atoms with E-state index in [-0.39, 0.29) is 12.5 Å². The number of pyridine rings is 1. The second-order valence-corrected chi connectivity index (χ2v) is 8.56. The van der Waals surface area contributed by atoms with Crippen molar-refractivity contribution in [3.8, 4) is 17.0 Å². The van der Waals surface area contributed by atoms with E-state index in [4.69, 9.17) is 27.9 Å². The van der Waals surface area contributed by atoms with Crippen molar-refractivity contribution in [3.63, 3.8) is 0 Å². The van der Waals surface area contributed by atoms with Crippen LogP contribution in [0.4, 0.5) is 5.69 Å². The third-order valence-electron chi connectivity index (χ3n) is 5.72. The summed E-state index contributed by atoms with van der Waals surface area (Å²) in [6, 6.07) is 9.54. The van der Waals surface area contributed by atoms with Crippen LogP contribution in [0.1, 0.15) is 11.4 Å². The average molecular weight is 474 g/mol. The van der Waals surface area contributed by atoms with Crippen LogP contribution in [0.15, 0.2) is 36.5 Å². The maximum absolute atomic E-state index is 13.0. The van der Waals surface area contributed by atoms with Gasteiger partial charge in [-0.2, -0.15) is 5.10 Å². The molecule has 0 unspecified atom stereocenters. The van der Waals surface area contributed by atoms with Crippen molar-refractivity contribution in [3.05, 3.63) is 58.0 Å². The summed E-state index contributed by atoms with van der Waals surface area (Å²) >= 11 is 12.7. The number of aromatic nitrogens is 3. The largest absolute Gasteiger partial charge is 0.495 e. The third-order valence-corrected chi connectivity index (χ3v) is 6.49. The Kier molecular flexibility index (Phi) is 6.58. The van der Waals surface area contributed by atoms with Gasteiger partial charge in [-0.1, -0.05) is 23.2 Å². The Morgan fingerprint density at radius 3 is 2.53 bits per heavy atom. The number of methoxy groups -OCH3 is 1. The van der Waals surface area contributed by atoms with Crippen LogP contribution in [0, 0.1) is 13.8 Å². The molecule has 0 atom stereocenters. The van der Waals surface area contributed by atoms with Gasteiger partial charge in [0.15, 0.2) is 0 Å². The minimum absolute atomic E-state index is 0.0260. The number of nitrogens with zero attached hydrogens (tertiary/aromatic N) is 5. The molecule has 1 aliphatic heterocycles. The molecule has 7 nitrogen and oxygen atoms in total. The molecule has 2 aromatic heterocycles. The van der Waals surface area contributed by atoms with Crippen molar-refractivity contribution >= 4 is 34.8 Å². The van der Waals surface area contributed by atoms with Crippen LogP contribution in [-0.4, -0.2) is 58.9 Å². The normalized spacial score (nSPS) is 14.0. The predicted molar refractivity (Wildman–Crippen MR) is 127 cm³/mol. The summed E-state index contributed by atoms with van der Waals surface area (Å²) in [7, 11) is 1.60. The van der Waals surface area contributed by atoms with Gasteiger partial charge in [0.05, 0.1) is 22.8 Å². The van der Waals surface area contributed by atoms with Gasteiger partial charge in [-0.05, 0) is 38.1 Å². The van der Waals surface area contributed by atoms with E-state index in [2.05, 4.69) is 15.0 Å². The molecule has 1 aliphatic rings. The number of rotatable bonds is 5. The Balaban J connectivity index is 1.42. The lowest BCUT2D eigenvalue weighted by Gasteiger charge is -2.36. The van der Waals surface area contributed by atoms with Gasteiger partial charge in [0.25, 0.3) is 0 Å². The zero-order valence-corrected chi connectivity index (χ0v) is 19.8. The number of amides is 1. The molecule has 4 rings (SSSR count). The number of anilines is 1. The van der Waals surface area contributed by atoms with Gasteiger partial charge in [-0.3, -0.25) is 14.5 Å². The number of ether oxygens (including phenoxy) is 1. The Bertz CT molecular complexity index is 1140. The maximum Gasteiger partial charge on any atom is 0.244 e. The van der Waals surface area contributed by atoms with Crippen LogP contribution in [-0.2, 0) is 11.3 Å². The second kappa shape index (κ2) is 9.38. The van der Waals surface area contributed by atoms with Gasteiger partial charge < -0.3 is 14.5 Å². The van der Waals surface area contributed by atoms with Crippen molar-refractivity contribution < 1.29 is 9.53 Å². The SMILES string of the molecule is COc1cc(N2CCN(C(=O)Cn3nc(-c4ccnc(C)c4)c(Cl)c3C)CC2)ccc1Cl. The Morgan fingerprint density at radius 1 is 1.09 bits per heavy atom. The molecule has 3 aromatic rings. The van der Waals surface area contributed by atoms with Gasteiger partial charge in [0.1, 0.15) is 18.0 Å². The highest BCUT2D eigenvalue weighted by Crippen LogP contribution is 2.31. The molecule has 0 spiro atoms. The van der Waals surface area contributed by atoms with Gasteiger partial charge in [-0.25, -0.2) is 0 Å². The highest BCUT2D eigenvalue weighted by atomic mass is 35.5. The van der Waals surface area contributed by atoms with E-state index >= 15 is 0 Å². The molecule has 3 heterocycles. The number of aryl methyl sites for hydroxylation is 1. The smallest absolute Gasteiger partial charge is 0.244 e. The molecule has 32 heavy (non-hydrogen) atoms. The highest BCUT2D eigenvalue weighted by molar-refractivity contribution is 6.33. The molecule has 0 aliphatic carbocycles. The predicted octanol–water partition coefficient (Wildman–Crippen LogP) is 4.23. The molecule has 9 heteroatoms. The van der Waals surface area contributed by atoms with Gasteiger partial charge in [-0.15, -0.1) is 0 Å². The Morgan fingerprint density at radius 2 is 1.84 bits per heavy atom. The summed E-state index contributed by atoms with van der Waals surface area (Å²) in [5.74, 6) is 0.673. The van der Waals surface area contributed by atoms with E-state index in [0.29, 0.717) is 34.6 Å². The maximum atomic E-state index is 13.0. The molecule has 168 valence electrons. The molecule has 1 amide bonds. The first-order valence-electron chi connectivity index (χ1n) is 10.4. The van der Waals surface area contributed by atoms with Crippen molar-refractivity contribution in [2.24, 2.45) is 0 Å². The van der Waals surface area contributed by atoms with Crippen LogP contribution in [0.3, 0.4) is 0 Å². The van der Waals surface area contributed by atoms with Gasteiger partial charge in [0.2, 0.25) is 5.91 Å². The number of hydrogen-bond donors (Lipinski definition) is 0. The molecular weight excluding hydrogens is 449 g/mol. The first-order chi connectivity index (χ1) is 15.4. The Labute approximate surface area is 197 Å². The van der Waals surface area contributed by atoms with E-state index < -0.39 is 0 Å². The van der Waals surface area contributed by atoms with Crippen LogP contribution in [0.5, 0.6) is 5.75 Å². The first-order valence-corrected chi connectivity index (χ1v) is 11.1. The van der Waals surface area contributed by atoms with E-state index in [9.17, 15) is 4.79 Å². The van der Waals surface area contributed by atoms with E-state index in [1.807, 2.05) is 49.1 Å². The summed E-state index contributed by atoms with van der Waals surface area (Å²) in [5, 5.41) is 5.76. The second-order valence-electron chi connectivity index (χ2n) is 7.78. The van der Waals surface area contributed by atoms with E-state index in [0.717, 1.165) is 35.7 Å². The quantitative estimate of drug-likeness (QED) is 0.554. The van der Waals surface area contributed by atoms with Crippen LogP contribution in [0.2, 0.25) is 10.0 Å². The summed E-state index contributed by atoms with van der Waals surface area (Å²) in [6.07, 6.45) is 1.73. The summed E-state index contributed by atoms with van der Waals surface area (Å²) in [6.45, 7) is 6.69. The van der Waals surface area contributed by atoms with Gasteiger partial charge in [0, 0.05) is 55.4 Å². The highest BCUT2D eigenvalue weighted by Gasteiger charge is 2.24. The summed E-state index contributed by atoms with van der Waals surface area (Å²) in [5.41, 5.74) is 4.26. The lowest BCUT2D eigenvalue weighted by atomic mass is 10.1. The number of hydrogen-bond acceptors (Lipinski definition) is 5. The fourth-order valence-electron chi connectivity index (χ4n) is 3.84. The van der Waals surface area contributed by atoms with Gasteiger partial charge >= 0.3 is 0 Å². The van der Waals surface area contributed by atoms with E-state index in [1.54, 1.807) is 18.0 Å². The number of piperazine rings is 1. The number of halogens is 2. The lowest BCUT2D eigenvalue weighted by molar-refractivity contribution is -0.132. The van der Waals surface area contributed by atoms with Crippen molar-refractivity contribution in [2.45, 2.75) is 20.4 Å². The summed E-state index contributed by atoms with van der Waals surface area (Å²) in [4.78, 5) is 21.3. The molecule has 0 bridgehead atoms. The minimum Gasteiger partial charge on any atom is -0.495 e. The molecule has 0 radical (unpaired) electrons. The monoisotopic (exact) mass is 473 g/mol. The lowest BCUT2D eigenvalue weighted by Crippen LogP contribution is -2.49. The minimum atomic E-state index is 0.0260. The van der Waals surface area contributed by atoms with Crippen LogP contribution in [0.25, 0.3) is 11.3 Å². The van der Waals surface area contributed by atoms with Crippen molar-refractivity contribution in [1.29, 1.82) is 0 Å². The zero-order chi connectivity index (χ0) is 22.8. The fourth-order valence-corrected chi connectivity index (χ4v) is 4.28. The standard InChI is InChI=1S/C23H25Cl2N5O2/c1-15-12-17(6-7-26-15)23-22(25)16(2)30(27-23)14-21(31)29-10-8-28(9-11-29)18-4-5-19(24)20(13-18)32-3/h4-7,12-13H,8-11,14H2,1-3H3. The van der Waals surface area contributed by atoms with E-state index in [1.165, 1.54) is 0 Å². The first kappa shape index (κ1) is 22.4. The zero-order valence-electron chi connectivity index (χ0n) is 18.3. The molecular formula is C23H25Cl2N5O2. The van der Waals surface area contributed by atoms with Crippen molar-refractivity contribution in [1.82, 2.24) is 19.7 Å².